The maximum atomic E-state index is 2.44. The third kappa shape index (κ3) is 5.61. The second-order valence-corrected chi connectivity index (χ2v) is 8.56. The van der Waals surface area contributed by atoms with Crippen molar-refractivity contribution in [3.8, 4) is 0 Å². The van der Waals surface area contributed by atoms with Crippen LogP contribution in [-0.4, -0.2) is 0 Å². The van der Waals surface area contributed by atoms with Crippen molar-refractivity contribution in [1.29, 1.82) is 0 Å². The first-order chi connectivity index (χ1) is 14.3. The van der Waals surface area contributed by atoms with Gasteiger partial charge in [0.15, 0.2) is 0 Å². The summed E-state index contributed by atoms with van der Waals surface area (Å²) in [5, 5.41) is 0. The summed E-state index contributed by atoms with van der Waals surface area (Å²) in [5.41, 5.74) is 7.03. The average molecular weight is 518 g/mol. The molecule has 0 atom stereocenters. The van der Waals surface area contributed by atoms with Crippen molar-refractivity contribution >= 4 is 5.57 Å². The zero-order valence-electron chi connectivity index (χ0n) is 18.2. The molecule has 0 saturated carbocycles. The van der Waals surface area contributed by atoms with Crippen LogP contribution in [0.2, 0.25) is 0 Å². The zero-order valence-corrected chi connectivity index (χ0v) is 22.0. The van der Waals surface area contributed by atoms with E-state index >= 15 is 0 Å². The Balaban J connectivity index is 0.00000171. The van der Waals surface area contributed by atoms with E-state index < -0.39 is 0 Å². The maximum Gasteiger partial charge on any atom is -1.00 e. The molecule has 0 radical (unpaired) electrons. The second kappa shape index (κ2) is 13.4. The Bertz CT molecular complexity index is 973. The summed E-state index contributed by atoms with van der Waals surface area (Å²) >= 11 is 2.33. The van der Waals surface area contributed by atoms with Gasteiger partial charge in [-0.15, -0.1) is 0 Å². The Hall–Kier alpha value is -1.28. The largest absolute Gasteiger partial charge is 1.00 e. The van der Waals surface area contributed by atoms with Crippen molar-refractivity contribution in [3.05, 3.63) is 123 Å². The van der Waals surface area contributed by atoms with Crippen LogP contribution in [0.4, 0.5) is 0 Å². The van der Waals surface area contributed by atoms with Gasteiger partial charge in [0.1, 0.15) is 0 Å². The Morgan fingerprint density at radius 1 is 0.719 bits per heavy atom. The van der Waals surface area contributed by atoms with E-state index in [0.29, 0.717) is 0 Å². The molecular weight excluding hydrogens is 491 g/mol. The number of hydrogen-bond donors (Lipinski definition) is 0. The molecule has 1 aliphatic rings. The van der Waals surface area contributed by atoms with E-state index in [1.54, 1.807) is 5.57 Å². The first kappa shape index (κ1) is 28.8. The number of rotatable bonds is 7. The molecule has 0 fully saturated rings. The minimum Gasteiger partial charge on any atom is -1.00 e. The molecule has 3 aromatic carbocycles. The number of hydrogen-bond acceptors (Lipinski definition) is 0. The fraction of sp³-hybridized carbons (Fsp3) is 0.214. The molecule has 4 heteroatoms. The summed E-state index contributed by atoms with van der Waals surface area (Å²) in [7, 11) is 0. The fourth-order valence-corrected chi connectivity index (χ4v) is 5.56. The van der Waals surface area contributed by atoms with Crippen LogP contribution < -0.4 is 37.2 Å². The molecule has 4 rings (SSSR count). The van der Waals surface area contributed by atoms with Crippen LogP contribution in [0.1, 0.15) is 49.3 Å². The summed E-state index contributed by atoms with van der Waals surface area (Å²) in [6, 6.07) is 33.1. The third-order valence-corrected chi connectivity index (χ3v) is 7.01. The van der Waals surface area contributed by atoms with Crippen molar-refractivity contribution in [1.82, 2.24) is 0 Å². The Kier molecular flexibility index (Phi) is 12.1. The smallest absolute Gasteiger partial charge is 1.00 e. The van der Waals surface area contributed by atoms with Crippen LogP contribution in [0, 0.1) is 0 Å². The van der Waals surface area contributed by atoms with E-state index in [1.165, 1.54) is 39.0 Å². The number of benzene rings is 3. The maximum absolute atomic E-state index is 2.44. The van der Waals surface area contributed by atoms with Crippen LogP contribution in [0.25, 0.3) is 5.57 Å². The predicted molar refractivity (Wildman–Crippen MR) is 119 cm³/mol. The molecule has 0 amide bonds. The molecule has 164 valence electrons. The normalized spacial score (nSPS) is 12.9. The molecule has 0 aliphatic heterocycles. The average Bonchev–Trinajstić information content (AvgIpc) is 3.18. The van der Waals surface area contributed by atoms with Crippen LogP contribution in [0.5, 0.6) is 0 Å². The van der Waals surface area contributed by atoms with Gasteiger partial charge in [-0.25, -0.2) is 0 Å². The van der Waals surface area contributed by atoms with E-state index in [-0.39, 0.29) is 42.6 Å². The van der Waals surface area contributed by atoms with E-state index in [0.717, 1.165) is 12.8 Å². The summed E-state index contributed by atoms with van der Waals surface area (Å²) in [6.45, 7) is 2.30. The van der Waals surface area contributed by atoms with Gasteiger partial charge in [-0.1, -0.05) is 0 Å². The molecule has 1 aliphatic carbocycles. The van der Waals surface area contributed by atoms with Crippen molar-refractivity contribution in [2.45, 2.75) is 38.0 Å². The van der Waals surface area contributed by atoms with Gasteiger partial charge in [0.05, 0.1) is 0 Å². The summed E-state index contributed by atoms with van der Waals surface area (Å²) < 4.78 is 1.44. The van der Waals surface area contributed by atoms with Crippen LogP contribution in [-0.2, 0) is 25.9 Å². The van der Waals surface area contributed by atoms with Crippen molar-refractivity contribution < 1.29 is 57.7 Å². The molecule has 0 saturated heterocycles. The zero-order chi connectivity index (χ0) is 20.1. The van der Waals surface area contributed by atoms with Gasteiger partial charge in [-0.2, -0.15) is 0 Å². The van der Waals surface area contributed by atoms with E-state index in [2.05, 4.69) is 124 Å². The van der Waals surface area contributed by atoms with E-state index in [4.69, 9.17) is 0 Å². The molecule has 3 aromatic rings. The van der Waals surface area contributed by atoms with Crippen molar-refractivity contribution in [2.75, 3.05) is 0 Å². The van der Waals surface area contributed by atoms with Gasteiger partial charge in [0, 0.05) is 0 Å². The third-order valence-electron chi connectivity index (χ3n) is 6.12. The molecule has 0 bridgehead atoms. The first-order valence-corrected chi connectivity index (χ1v) is 11.4. The molecule has 0 unspecified atom stereocenters. The van der Waals surface area contributed by atoms with Gasteiger partial charge in [0.25, 0.3) is 0 Å². The summed E-state index contributed by atoms with van der Waals surface area (Å²) in [5.74, 6) is 0. The second-order valence-electron chi connectivity index (χ2n) is 7.78. The van der Waals surface area contributed by atoms with Crippen LogP contribution in [0.15, 0.2) is 107 Å². The van der Waals surface area contributed by atoms with E-state index in [9.17, 15) is 0 Å². The van der Waals surface area contributed by atoms with Crippen molar-refractivity contribution in [2.24, 2.45) is 0 Å². The van der Waals surface area contributed by atoms with Crippen LogP contribution >= 0.6 is 0 Å². The molecule has 0 aromatic heterocycles. The van der Waals surface area contributed by atoms with Crippen LogP contribution in [0.3, 0.4) is 0 Å². The molecule has 0 spiro atoms. The number of allylic oxidation sites excluding steroid dienone is 4. The Labute approximate surface area is 223 Å². The topological polar surface area (TPSA) is 0 Å². The minimum atomic E-state index is -0.0738. The quantitative estimate of drug-likeness (QED) is 0.334. The van der Waals surface area contributed by atoms with Gasteiger partial charge < -0.3 is 37.2 Å². The standard InChI is InChI=1S/C28H27.3ClH.Ti/c1-2-3-21-28(25-15-9-5-10-16-25,26-17-11-6-12-18-26)27-20-19-24(22-27)23-13-7-4-8-14-23;;;;/h4-19H,2-3,20-21H2,1H3;3*1H;/q;;;;+3/p-3. The van der Waals surface area contributed by atoms with Gasteiger partial charge in [-0.3, -0.25) is 0 Å². The summed E-state index contributed by atoms with van der Waals surface area (Å²) in [4.78, 5) is 0. The minimum absolute atomic E-state index is 0. The first-order valence-electron chi connectivity index (χ1n) is 10.6. The molecule has 32 heavy (non-hydrogen) atoms. The molecule has 0 heterocycles. The molecular formula is C28H27Cl3Ti. The summed E-state index contributed by atoms with van der Waals surface area (Å²) in [6.07, 6.45) is 7.00. The monoisotopic (exact) mass is 516 g/mol. The fourth-order valence-electron chi connectivity index (χ4n) is 4.68. The SMILES string of the molecule is CCCCC(C1=[C]([Ti+3])C(c2ccccc2)=CC1)(c1ccccc1)c1ccccc1.[Cl-].[Cl-].[Cl-]. The molecule has 0 N–H and O–H groups in total. The predicted octanol–water partition coefficient (Wildman–Crippen LogP) is -1.54. The molecule has 0 nitrogen and oxygen atoms in total. The number of halogens is 3. The Morgan fingerprint density at radius 2 is 1.19 bits per heavy atom. The number of unbranched alkanes of at least 4 members (excludes halogenated alkanes) is 1. The van der Waals surface area contributed by atoms with E-state index in [1.807, 2.05) is 0 Å². The van der Waals surface area contributed by atoms with Gasteiger partial charge in [-0.05, 0) is 0 Å². The Morgan fingerprint density at radius 3 is 1.66 bits per heavy atom. The van der Waals surface area contributed by atoms with Crippen molar-refractivity contribution in [3.63, 3.8) is 0 Å². The van der Waals surface area contributed by atoms with Gasteiger partial charge >= 0.3 is 187 Å². The van der Waals surface area contributed by atoms with Gasteiger partial charge in [0.2, 0.25) is 0 Å².